The van der Waals surface area contributed by atoms with E-state index in [1.807, 2.05) is 0 Å². The fraction of sp³-hybridized carbons (Fsp3) is 0. The van der Waals surface area contributed by atoms with Crippen molar-refractivity contribution in [1.82, 2.24) is 0 Å². The summed E-state index contributed by atoms with van der Waals surface area (Å²) < 4.78 is 0. The van der Waals surface area contributed by atoms with Crippen LogP contribution >= 0.6 is 0 Å². The van der Waals surface area contributed by atoms with Gasteiger partial charge in [-0.2, -0.15) is 0 Å². The summed E-state index contributed by atoms with van der Waals surface area (Å²) in [6.07, 6.45) is 0. The van der Waals surface area contributed by atoms with Gasteiger partial charge in [-0.25, -0.2) is 0 Å². The van der Waals surface area contributed by atoms with Crippen molar-refractivity contribution in [3.05, 3.63) is 231 Å². The second-order valence-corrected chi connectivity index (χ2v) is 16.0. The Bertz CT molecular complexity index is 3650. The average molecular weight is 759 g/mol. The van der Waals surface area contributed by atoms with E-state index in [0.717, 1.165) is 0 Å². The number of rotatable bonds is 5. The van der Waals surface area contributed by atoms with E-state index in [0.29, 0.717) is 0 Å². The second-order valence-electron chi connectivity index (χ2n) is 16.0. The first-order valence-electron chi connectivity index (χ1n) is 20.8. The smallest absolute Gasteiger partial charge is 0.00259 e. The van der Waals surface area contributed by atoms with Crippen molar-refractivity contribution in [2.45, 2.75) is 0 Å². The summed E-state index contributed by atoms with van der Waals surface area (Å²) in [6.45, 7) is 0. The summed E-state index contributed by atoms with van der Waals surface area (Å²) in [5.41, 5.74) is 12.3. The van der Waals surface area contributed by atoms with Crippen molar-refractivity contribution >= 4 is 64.6 Å². The van der Waals surface area contributed by atoms with Crippen molar-refractivity contribution in [2.24, 2.45) is 0 Å². The predicted octanol–water partition coefficient (Wildman–Crippen LogP) is 16.9. The molecule has 12 aromatic rings. The van der Waals surface area contributed by atoms with Crippen molar-refractivity contribution in [3.8, 4) is 55.6 Å². The van der Waals surface area contributed by atoms with E-state index >= 15 is 0 Å². The summed E-state index contributed by atoms with van der Waals surface area (Å²) >= 11 is 0. The molecule has 12 aromatic carbocycles. The Morgan fingerprint density at radius 2 is 0.567 bits per heavy atom. The molecule has 0 aliphatic carbocycles. The Hall–Kier alpha value is -7.80. The number of fused-ring (bicyclic) bond motifs is 7. The maximum Gasteiger partial charge on any atom is -0.00259 e. The third kappa shape index (κ3) is 5.53. The lowest BCUT2D eigenvalue weighted by Crippen LogP contribution is -1.93. The van der Waals surface area contributed by atoms with E-state index in [1.165, 1.54) is 120 Å². The molecule has 0 unspecified atom stereocenters. The first-order chi connectivity index (χ1) is 29.8. The summed E-state index contributed by atoms with van der Waals surface area (Å²) in [5.74, 6) is 0. The van der Waals surface area contributed by atoms with E-state index in [9.17, 15) is 0 Å². The first-order valence-corrected chi connectivity index (χ1v) is 20.8. The summed E-state index contributed by atoms with van der Waals surface area (Å²) in [7, 11) is 0. The minimum absolute atomic E-state index is 1.21. The molecule has 278 valence electrons. The molecule has 0 fully saturated rings. The summed E-state index contributed by atoms with van der Waals surface area (Å²) in [5, 5.41) is 15.1. The van der Waals surface area contributed by atoms with Gasteiger partial charge < -0.3 is 0 Å². The van der Waals surface area contributed by atoms with Gasteiger partial charge in [-0.1, -0.05) is 206 Å². The van der Waals surface area contributed by atoms with E-state index in [4.69, 9.17) is 0 Å². The highest BCUT2D eigenvalue weighted by molar-refractivity contribution is 6.23. The molecule has 0 saturated heterocycles. The molecule has 60 heavy (non-hydrogen) atoms. The molecular weight excluding hydrogens is 721 g/mol. The average Bonchev–Trinajstić information content (AvgIpc) is 3.32. The van der Waals surface area contributed by atoms with Crippen LogP contribution in [0.25, 0.3) is 120 Å². The zero-order valence-corrected chi connectivity index (χ0v) is 32.9. The third-order valence-electron chi connectivity index (χ3n) is 12.6. The standard InChI is InChI=1S/C60H38/c1-4-24-47-39(15-1)18-13-31-49(47)41-20-11-22-45(35-41)59-54-29-9-10-30-55(54)60(58-38-44(33-34-56(58)59)50-32-14-19-40-16-2-5-25-48(40)50)46-23-12-21-42(36-46)57-37-43-17-3-6-26-51(43)52-27-7-8-28-53(52)57/h1-38H. The lowest BCUT2D eigenvalue weighted by Gasteiger charge is -2.20. The van der Waals surface area contributed by atoms with Gasteiger partial charge in [-0.05, 0) is 145 Å². The van der Waals surface area contributed by atoms with Crippen LogP contribution < -0.4 is 0 Å². The Morgan fingerprint density at radius 3 is 1.18 bits per heavy atom. The normalized spacial score (nSPS) is 11.7. The number of hydrogen-bond donors (Lipinski definition) is 0. The quantitative estimate of drug-likeness (QED) is 0.121. The molecule has 0 bridgehead atoms. The molecule has 0 aromatic heterocycles. The highest BCUT2D eigenvalue weighted by atomic mass is 14.2. The van der Waals surface area contributed by atoms with Gasteiger partial charge in [-0.15, -0.1) is 0 Å². The molecule has 0 heteroatoms. The zero-order valence-electron chi connectivity index (χ0n) is 32.9. The second kappa shape index (κ2) is 13.9. The molecule has 0 atom stereocenters. The molecular formula is C60H38. The zero-order chi connectivity index (χ0) is 39.6. The number of benzene rings is 12. The molecule has 0 aliphatic heterocycles. The third-order valence-corrected chi connectivity index (χ3v) is 12.6. The summed E-state index contributed by atoms with van der Waals surface area (Å²) in [4.78, 5) is 0. The fourth-order valence-corrected chi connectivity index (χ4v) is 9.90. The minimum atomic E-state index is 1.21. The van der Waals surface area contributed by atoms with Crippen molar-refractivity contribution in [1.29, 1.82) is 0 Å². The molecule has 0 aliphatic rings. The van der Waals surface area contributed by atoms with Gasteiger partial charge in [0, 0.05) is 0 Å². The lowest BCUT2D eigenvalue weighted by atomic mass is 9.83. The van der Waals surface area contributed by atoms with Crippen molar-refractivity contribution in [2.75, 3.05) is 0 Å². The van der Waals surface area contributed by atoms with E-state index in [-0.39, 0.29) is 0 Å². The predicted molar refractivity (Wildman–Crippen MR) is 259 cm³/mol. The van der Waals surface area contributed by atoms with Gasteiger partial charge in [0.2, 0.25) is 0 Å². The van der Waals surface area contributed by atoms with Gasteiger partial charge in [0.25, 0.3) is 0 Å². The van der Waals surface area contributed by atoms with Gasteiger partial charge in [-0.3, -0.25) is 0 Å². The topological polar surface area (TPSA) is 0 Å². The van der Waals surface area contributed by atoms with Crippen LogP contribution in [0.15, 0.2) is 231 Å². The van der Waals surface area contributed by atoms with Crippen LogP contribution in [-0.4, -0.2) is 0 Å². The molecule has 0 heterocycles. The minimum Gasteiger partial charge on any atom is -0.0616 e. The van der Waals surface area contributed by atoms with Crippen molar-refractivity contribution in [3.63, 3.8) is 0 Å². The van der Waals surface area contributed by atoms with Crippen LogP contribution in [-0.2, 0) is 0 Å². The largest absolute Gasteiger partial charge is 0.0616 e. The maximum atomic E-state index is 2.45. The molecule has 0 radical (unpaired) electrons. The monoisotopic (exact) mass is 758 g/mol. The first kappa shape index (κ1) is 34.3. The Morgan fingerprint density at radius 1 is 0.167 bits per heavy atom. The van der Waals surface area contributed by atoms with Gasteiger partial charge >= 0.3 is 0 Å². The van der Waals surface area contributed by atoms with Gasteiger partial charge in [0.1, 0.15) is 0 Å². The molecule has 12 rings (SSSR count). The Balaban J connectivity index is 1.14. The fourth-order valence-electron chi connectivity index (χ4n) is 9.90. The van der Waals surface area contributed by atoms with Gasteiger partial charge in [0.15, 0.2) is 0 Å². The molecule has 0 amide bonds. The molecule has 0 N–H and O–H groups in total. The van der Waals surface area contributed by atoms with E-state index < -0.39 is 0 Å². The van der Waals surface area contributed by atoms with Crippen LogP contribution in [0.4, 0.5) is 0 Å². The van der Waals surface area contributed by atoms with E-state index in [2.05, 4.69) is 231 Å². The van der Waals surface area contributed by atoms with Gasteiger partial charge in [0.05, 0.1) is 0 Å². The molecule has 0 spiro atoms. The Kier molecular flexibility index (Phi) is 7.96. The summed E-state index contributed by atoms with van der Waals surface area (Å²) in [6, 6.07) is 85.3. The SMILES string of the molecule is c1cc(-c2cccc3ccccc23)cc(-c2c3ccccc3c(-c3cccc(-c4cc5ccccc5c5ccccc45)c3)c3cc(-c4cccc5ccccc45)ccc23)c1. The van der Waals surface area contributed by atoms with Crippen LogP contribution in [0.2, 0.25) is 0 Å². The van der Waals surface area contributed by atoms with Crippen molar-refractivity contribution < 1.29 is 0 Å². The van der Waals surface area contributed by atoms with Crippen LogP contribution in [0.5, 0.6) is 0 Å². The van der Waals surface area contributed by atoms with E-state index in [1.54, 1.807) is 0 Å². The highest BCUT2D eigenvalue weighted by Crippen LogP contribution is 2.47. The Labute approximate surface area is 349 Å². The molecule has 0 saturated carbocycles. The highest BCUT2D eigenvalue weighted by Gasteiger charge is 2.20. The van der Waals surface area contributed by atoms with Crippen LogP contribution in [0.3, 0.4) is 0 Å². The lowest BCUT2D eigenvalue weighted by molar-refractivity contribution is 1.62. The van der Waals surface area contributed by atoms with Crippen LogP contribution in [0, 0.1) is 0 Å². The number of hydrogen-bond acceptors (Lipinski definition) is 0. The van der Waals surface area contributed by atoms with Crippen LogP contribution in [0.1, 0.15) is 0 Å². The maximum absolute atomic E-state index is 2.45. The molecule has 0 nitrogen and oxygen atoms in total.